The van der Waals surface area contributed by atoms with E-state index in [0.717, 1.165) is 60.0 Å². The molecule has 1 saturated heterocycles. The summed E-state index contributed by atoms with van der Waals surface area (Å²) in [5, 5.41) is 14.1. The Morgan fingerprint density at radius 3 is 2.40 bits per heavy atom. The first-order chi connectivity index (χ1) is 19.5. The van der Waals surface area contributed by atoms with Crippen LogP contribution in [0.5, 0.6) is 17.2 Å². The highest BCUT2D eigenvalue weighted by atomic mass is 79.9. The molecule has 1 fully saturated rings. The van der Waals surface area contributed by atoms with E-state index in [9.17, 15) is 4.79 Å². The van der Waals surface area contributed by atoms with Crippen molar-refractivity contribution < 1.29 is 28.8 Å². The molecule has 1 aliphatic heterocycles. The normalized spacial score (nSPS) is 13.7. The fourth-order valence-electron chi connectivity index (χ4n) is 4.44. The third kappa shape index (κ3) is 6.82. The Labute approximate surface area is 241 Å². The zero-order valence-electron chi connectivity index (χ0n) is 22.1. The Balaban J connectivity index is 1.45. The predicted octanol–water partition coefficient (Wildman–Crippen LogP) is 5.15. The van der Waals surface area contributed by atoms with Gasteiger partial charge in [0.2, 0.25) is 0 Å². The second-order valence-electron chi connectivity index (χ2n) is 9.17. The molecule has 0 bridgehead atoms. The number of aromatic nitrogens is 2. The number of aliphatic carboxylic acids is 1. The molecule has 1 aliphatic rings. The lowest BCUT2D eigenvalue weighted by molar-refractivity contribution is -0.139. The second kappa shape index (κ2) is 13.0. The third-order valence-electron chi connectivity index (χ3n) is 6.52. The molecule has 0 radical (unpaired) electrons. The van der Waals surface area contributed by atoms with Gasteiger partial charge in [0.1, 0.15) is 23.9 Å². The number of nitrogens with zero attached hydrogens (tertiary/aromatic N) is 3. The van der Waals surface area contributed by atoms with E-state index < -0.39 is 12.6 Å². The second-order valence-corrected chi connectivity index (χ2v) is 10.1. The number of hydrogen-bond donors (Lipinski definition) is 1. The van der Waals surface area contributed by atoms with Gasteiger partial charge in [-0.05, 0) is 72.8 Å². The van der Waals surface area contributed by atoms with Crippen LogP contribution in [0.1, 0.15) is 0 Å². The van der Waals surface area contributed by atoms with Crippen molar-refractivity contribution in [1.29, 1.82) is 0 Å². The number of hydrogen-bond acceptors (Lipinski definition) is 7. The molecule has 0 amide bonds. The van der Waals surface area contributed by atoms with Crippen LogP contribution in [-0.2, 0) is 9.53 Å². The van der Waals surface area contributed by atoms with E-state index >= 15 is 0 Å². The third-order valence-corrected chi connectivity index (χ3v) is 7.05. The van der Waals surface area contributed by atoms with Crippen LogP contribution in [0.15, 0.2) is 77.3 Å². The Bertz CT molecular complexity index is 1430. The van der Waals surface area contributed by atoms with Gasteiger partial charge in [0.15, 0.2) is 6.61 Å². The first-order valence-corrected chi connectivity index (χ1v) is 13.7. The van der Waals surface area contributed by atoms with E-state index in [-0.39, 0.29) is 0 Å². The van der Waals surface area contributed by atoms with E-state index in [1.807, 2.05) is 59.3 Å². The standard InChI is InChI=1S/C30H30BrN3O6/c1-37-25-10-11-29(40-20-30(35)36)26(18-25)27-19-28(34(32-27)23-6-4-22(31)5-7-23)21-2-8-24(9-3-21)39-17-14-33-12-15-38-16-13-33/h2-11,18-19H,12-17,20H2,1H3,(H,35,36). The number of halogens is 1. The molecule has 0 atom stereocenters. The first kappa shape index (κ1) is 27.7. The summed E-state index contributed by atoms with van der Waals surface area (Å²) in [6.45, 7) is 4.40. The quantitative estimate of drug-likeness (QED) is 0.250. The highest BCUT2D eigenvalue weighted by Gasteiger charge is 2.18. The molecule has 4 aromatic rings. The van der Waals surface area contributed by atoms with Crippen molar-refractivity contribution in [3.8, 4) is 45.5 Å². The molecule has 0 aliphatic carbocycles. The summed E-state index contributed by atoms with van der Waals surface area (Å²) >= 11 is 3.50. The van der Waals surface area contributed by atoms with Crippen molar-refractivity contribution in [1.82, 2.24) is 14.7 Å². The van der Waals surface area contributed by atoms with Gasteiger partial charge < -0.3 is 24.1 Å². The van der Waals surface area contributed by atoms with Gasteiger partial charge >= 0.3 is 5.97 Å². The lowest BCUT2D eigenvalue weighted by Crippen LogP contribution is -2.38. The monoisotopic (exact) mass is 607 g/mol. The fourth-order valence-corrected chi connectivity index (χ4v) is 4.70. The average Bonchev–Trinajstić information content (AvgIpc) is 3.42. The lowest BCUT2D eigenvalue weighted by atomic mass is 10.1. The van der Waals surface area contributed by atoms with Crippen LogP contribution < -0.4 is 14.2 Å². The first-order valence-electron chi connectivity index (χ1n) is 12.9. The summed E-state index contributed by atoms with van der Waals surface area (Å²) in [6.07, 6.45) is 0. The summed E-state index contributed by atoms with van der Waals surface area (Å²) in [6, 6.07) is 23.0. The maximum Gasteiger partial charge on any atom is 0.341 e. The number of carbonyl (C=O) groups is 1. The van der Waals surface area contributed by atoms with E-state index in [4.69, 9.17) is 29.2 Å². The van der Waals surface area contributed by atoms with Crippen LogP contribution >= 0.6 is 15.9 Å². The van der Waals surface area contributed by atoms with E-state index in [1.165, 1.54) is 0 Å². The Morgan fingerprint density at radius 1 is 0.975 bits per heavy atom. The molecular weight excluding hydrogens is 578 g/mol. The zero-order chi connectivity index (χ0) is 27.9. The van der Waals surface area contributed by atoms with Gasteiger partial charge in [-0.25, -0.2) is 9.48 Å². The van der Waals surface area contributed by atoms with E-state index in [1.54, 1.807) is 25.3 Å². The minimum Gasteiger partial charge on any atom is -0.497 e. The molecule has 0 saturated carbocycles. The molecule has 10 heteroatoms. The summed E-state index contributed by atoms with van der Waals surface area (Å²) < 4.78 is 25.2. The number of rotatable bonds is 11. The van der Waals surface area contributed by atoms with Crippen LogP contribution in [0.2, 0.25) is 0 Å². The van der Waals surface area contributed by atoms with E-state index in [2.05, 4.69) is 20.8 Å². The summed E-state index contributed by atoms with van der Waals surface area (Å²) in [4.78, 5) is 13.5. The highest BCUT2D eigenvalue weighted by molar-refractivity contribution is 9.10. The van der Waals surface area contributed by atoms with Gasteiger partial charge in [-0.15, -0.1) is 0 Å². The SMILES string of the molecule is COc1ccc(OCC(=O)O)c(-c2cc(-c3ccc(OCCN4CCOCC4)cc3)n(-c3ccc(Br)cc3)n2)c1. The molecule has 208 valence electrons. The van der Waals surface area contributed by atoms with Gasteiger partial charge in [-0.1, -0.05) is 15.9 Å². The molecule has 40 heavy (non-hydrogen) atoms. The minimum absolute atomic E-state index is 0.402. The molecule has 3 aromatic carbocycles. The molecule has 1 aromatic heterocycles. The molecule has 0 unspecified atom stereocenters. The van der Waals surface area contributed by atoms with Gasteiger partial charge in [0, 0.05) is 35.2 Å². The van der Waals surface area contributed by atoms with Gasteiger partial charge in [-0.3, -0.25) is 4.90 Å². The van der Waals surface area contributed by atoms with Crippen LogP contribution in [0.3, 0.4) is 0 Å². The molecular formula is C30H30BrN3O6. The molecule has 2 heterocycles. The van der Waals surface area contributed by atoms with Gasteiger partial charge in [0.25, 0.3) is 0 Å². The van der Waals surface area contributed by atoms with Crippen molar-refractivity contribution in [2.75, 3.05) is 53.2 Å². The lowest BCUT2D eigenvalue weighted by Gasteiger charge is -2.26. The molecule has 9 nitrogen and oxygen atoms in total. The Morgan fingerprint density at radius 2 is 1.70 bits per heavy atom. The molecule has 5 rings (SSSR count). The van der Waals surface area contributed by atoms with Crippen LogP contribution in [0.25, 0.3) is 28.2 Å². The summed E-state index contributed by atoms with van der Waals surface area (Å²) in [7, 11) is 1.58. The van der Waals surface area contributed by atoms with Crippen LogP contribution in [-0.4, -0.2) is 78.9 Å². The number of benzene rings is 3. The average molecular weight is 608 g/mol. The number of morpholine rings is 1. The fraction of sp³-hybridized carbons (Fsp3) is 0.267. The predicted molar refractivity (Wildman–Crippen MR) is 155 cm³/mol. The van der Waals surface area contributed by atoms with Crippen LogP contribution in [0, 0.1) is 0 Å². The molecule has 0 spiro atoms. The van der Waals surface area contributed by atoms with Crippen molar-refractivity contribution >= 4 is 21.9 Å². The summed E-state index contributed by atoms with van der Waals surface area (Å²) in [5.74, 6) is 0.745. The number of carboxylic acid groups (broad SMARTS) is 1. The highest BCUT2D eigenvalue weighted by Crippen LogP contribution is 2.36. The largest absolute Gasteiger partial charge is 0.497 e. The van der Waals surface area contributed by atoms with Crippen molar-refractivity contribution in [2.24, 2.45) is 0 Å². The van der Waals surface area contributed by atoms with Gasteiger partial charge in [-0.2, -0.15) is 5.10 Å². The van der Waals surface area contributed by atoms with Crippen molar-refractivity contribution in [3.63, 3.8) is 0 Å². The van der Waals surface area contributed by atoms with Crippen molar-refractivity contribution in [2.45, 2.75) is 0 Å². The number of ether oxygens (including phenoxy) is 4. The topological polar surface area (TPSA) is 95.3 Å². The maximum absolute atomic E-state index is 11.2. The Hall–Kier alpha value is -3.86. The minimum atomic E-state index is -1.06. The van der Waals surface area contributed by atoms with E-state index in [0.29, 0.717) is 29.4 Å². The zero-order valence-corrected chi connectivity index (χ0v) is 23.7. The molecule has 1 N–H and O–H groups in total. The number of methoxy groups -OCH3 is 1. The Kier molecular flexibility index (Phi) is 9.00. The maximum atomic E-state index is 11.2. The number of carboxylic acids is 1. The summed E-state index contributed by atoms with van der Waals surface area (Å²) in [5.41, 5.74) is 3.90. The van der Waals surface area contributed by atoms with Crippen LogP contribution in [0.4, 0.5) is 0 Å². The van der Waals surface area contributed by atoms with Crippen molar-refractivity contribution in [3.05, 3.63) is 77.3 Å². The van der Waals surface area contributed by atoms with Gasteiger partial charge in [0.05, 0.1) is 37.4 Å². The smallest absolute Gasteiger partial charge is 0.341 e.